The van der Waals surface area contributed by atoms with Crippen molar-refractivity contribution in [2.75, 3.05) is 12.3 Å². The van der Waals surface area contributed by atoms with Crippen molar-refractivity contribution in [1.82, 2.24) is 4.90 Å². The van der Waals surface area contributed by atoms with Crippen LogP contribution >= 0.6 is 22.7 Å². The summed E-state index contributed by atoms with van der Waals surface area (Å²) >= 11 is 3.29. The summed E-state index contributed by atoms with van der Waals surface area (Å²) in [4.78, 5) is 17.2. The molecule has 0 N–H and O–H groups in total. The number of rotatable bonds is 5. The van der Waals surface area contributed by atoms with Crippen LogP contribution < -0.4 is 0 Å². The minimum absolute atomic E-state index is 0.0373. The van der Waals surface area contributed by atoms with Crippen molar-refractivity contribution >= 4 is 38.4 Å². The molecule has 0 aliphatic carbocycles. The number of benzene rings is 1. The van der Waals surface area contributed by atoms with Crippen molar-refractivity contribution in [3.8, 4) is 0 Å². The van der Waals surface area contributed by atoms with E-state index in [2.05, 4.69) is 6.07 Å². The summed E-state index contributed by atoms with van der Waals surface area (Å²) in [7, 11) is -3.64. The highest BCUT2D eigenvalue weighted by Crippen LogP contribution is 2.39. The molecule has 1 unspecified atom stereocenters. The number of amides is 1. The molecule has 1 amide bonds. The smallest absolute Gasteiger partial charge is 0.224 e. The summed E-state index contributed by atoms with van der Waals surface area (Å²) in [6.45, 7) is 0.575. The molecule has 3 aromatic rings. The lowest BCUT2D eigenvalue weighted by Gasteiger charge is -2.35. The number of thiophene rings is 2. The topological polar surface area (TPSA) is 54.5 Å². The van der Waals surface area contributed by atoms with Gasteiger partial charge in [0.1, 0.15) is 5.82 Å². The molecular formula is C20H18FNO3S3. The molecule has 0 bridgehead atoms. The van der Waals surface area contributed by atoms with E-state index in [1.165, 1.54) is 17.0 Å². The zero-order valence-corrected chi connectivity index (χ0v) is 17.3. The molecule has 1 aliphatic rings. The summed E-state index contributed by atoms with van der Waals surface area (Å²) in [5.41, 5.74) is 1.13. The number of sulfone groups is 1. The van der Waals surface area contributed by atoms with Gasteiger partial charge < -0.3 is 4.90 Å². The lowest BCUT2D eigenvalue weighted by atomic mass is 9.98. The second-order valence-corrected chi connectivity index (χ2v) is 10.7. The number of hydrogen-bond donors (Lipinski definition) is 0. The number of fused-ring (bicyclic) bond motifs is 1. The van der Waals surface area contributed by atoms with Gasteiger partial charge in [-0.25, -0.2) is 12.8 Å². The highest BCUT2D eigenvalue weighted by Gasteiger charge is 2.33. The predicted molar refractivity (Wildman–Crippen MR) is 109 cm³/mol. The van der Waals surface area contributed by atoms with Gasteiger partial charge in [-0.05, 0) is 59.1 Å². The van der Waals surface area contributed by atoms with Gasteiger partial charge in [0.15, 0.2) is 9.84 Å². The summed E-state index contributed by atoms with van der Waals surface area (Å²) < 4.78 is 38.1. The molecule has 28 heavy (non-hydrogen) atoms. The molecule has 0 radical (unpaired) electrons. The third kappa shape index (κ3) is 3.76. The van der Waals surface area contributed by atoms with E-state index in [1.54, 1.807) is 27.6 Å². The third-order valence-electron chi connectivity index (χ3n) is 4.86. The first-order valence-corrected chi connectivity index (χ1v) is 12.2. The molecule has 1 aliphatic heterocycles. The number of halogens is 1. The Morgan fingerprint density at radius 3 is 2.61 bits per heavy atom. The fraction of sp³-hybridized carbons (Fsp3) is 0.250. The van der Waals surface area contributed by atoms with E-state index in [9.17, 15) is 17.6 Å². The van der Waals surface area contributed by atoms with Gasteiger partial charge >= 0.3 is 0 Å². The lowest BCUT2D eigenvalue weighted by Crippen LogP contribution is -2.40. The number of carbonyl (C=O) groups is 1. The standard InChI is InChI=1S/C20H18FNO3S3/c21-14-3-5-15(6-4-14)28(24,25)13-9-19(23)22-10-7-17-16(8-12-27-17)20(22)18-2-1-11-26-18/h1-6,8,11-12,20H,7,9-10,13H2. The maximum absolute atomic E-state index is 13.1. The van der Waals surface area contributed by atoms with Crippen molar-refractivity contribution in [2.24, 2.45) is 0 Å². The van der Waals surface area contributed by atoms with E-state index in [4.69, 9.17) is 0 Å². The highest BCUT2D eigenvalue weighted by atomic mass is 32.2. The first-order valence-electron chi connectivity index (χ1n) is 8.83. The van der Waals surface area contributed by atoms with Crippen LogP contribution in [0.2, 0.25) is 0 Å². The van der Waals surface area contributed by atoms with Gasteiger partial charge in [-0.1, -0.05) is 6.07 Å². The lowest BCUT2D eigenvalue weighted by molar-refractivity contribution is -0.132. The fourth-order valence-electron chi connectivity index (χ4n) is 3.46. The minimum Gasteiger partial charge on any atom is -0.330 e. The van der Waals surface area contributed by atoms with Crippen LogP contribution in [0.4, 0.5) is 4.39 Å². The van der Waals surface area contributed by atoms with E-state index in [1.807, 2.05) is 22.9 Å². The van der Waals surface area contributed by atoms with Crippen molar-refractivity contribution in [2.45, 2.75) is 23.8 Å². The van der Waals surface area contributed by atoms with Crippen molar-refractivity contribution in [3.63, 3.8) is 0 Å². The molecule has 4 rings (SSSR count). The van der Waals surface area contributed by atoms with Crippen molar-refractivity contribution in [3.05, 3.63) is 74.4 Å². The molecule has 2 aromatic heterocycles. The van der Waals surface area contributed by atoms with Crippen LogP contribution in [0, 0.1) is 5.82 Å². The molecule has 8 heteroatoms. The van der Waals surface area contributed by atoms with Gasteiger partial charge in [-0.3, -0.25) is 4.79 Å². The molecule has 0 fully saturated rings. The average molecular weight is 436 g/mol. The highest BCUT2D eigenvalue weighted by molar-refractivity contribution is 7.91. The Bertz CT molecular complexity index is 1070. The maximum atomic E-state index is 13.1. The van der Waals surface area contributed by atoms with Crippen LogP contribution in [-0.2, 0) is 21.1 Å². The Morgan fingerprint density at radius 1 is 1.11 bits per heavy atom. The molecule has 0 saturated carbocycles. The van der Waals surface area contributed by atoms with E-state index >= 15 is 0 Å². The van der Waals surface area contributed by atoms with E-state index in [-0.39, 0.29) is 29.0 Å². The summed E-state index contributed by atoms with van der Waals surface area (Å²) in [5.74, 6) is -0.962. The number of carbonyl (C=O) groups excluding carboxylic acids is 1. The van der Waals surface area contributed by atoms with Gasteiger partial charge in [-0.15, -0.1) is 22.7 Å². The SMILES string of the molecule is O=C(CCS(=O)(=O)c1ccc(F)cc1)N1CCc2sccc2C1c1cccs1. The van der Waals surface area contributed by atoms with Crippen LogP contribution in [0.1, 0.15) is 27.8 Å². The predicted octanol–water partition coefficient (Wildman–Crippen LogP) is 4.29. The Balaban J connectivity index is 1.53. The van der Waals surface area contributed by atoms with Gasteiger partial charge in [0.25, 0.3) is 0 Å². The van der Waals surface area contributed by atoms with E-state index in [0.717, 1.165) is 29.0 Å². The zero-order valence-electron chi connectivity index (χ0n) is 14.9. The van der Waals surface area contributed by atoms with Crippen LogP contribution in [0.25, 0.3) is 0 Å². The number of nitrogens with zero attached hydrogens (tertiary/aromatic N) is 1. The van der Waals surface area contributed by atoms with Crippen LogP contribution in [0.5, 0.6) is 0 Å². The van der Waals surface area contributed by atoms with Gasteiger partial charge in [-0.2, -0.15) is 0 Å². The minimum atomic E-state index is -3.64. The Hall–Kier alpha value is -2.03. The van der Waals surface area contributed by atoms with Crippen LogP contribution in [0.15, 0.2) is 58.1 Å². The van der Waals surface area contributed by atoms with Crippen LogP contribution in [0.3, 0.4) is 0 Å². The van der Waals surface area contributed by atoms with Gasteiger partial charge in [0.05, 0.1) is 16.7 Å². The van der Waals surface area contributed by atoms with E-state index in [0.29, 0.717) is 6.54 Å². The van der Waals surface area contributed by atoms with Gasteiger partial charge in [0, 0.05) is 22.7 Å². The first-order chi connectivity index (χ1) is 13.5. The molecule has 0 saturated heterocycles. The largest absolute Gasteiger partial charge is 0.330 e. The Kier molecular flexibility index (Phi) is 5.35. The zero-order chi connectivity index (χ0) is 19.7. The van der Waals surface area contributed by atoms with Crippen molar-refractivity contribution in [1.29, 1.82) is 0 Å². The molecule has 146 valence electrons. The molecule has 0 spiro atoms. The summed E-state index contributed by atoms with van der Waals surface area (Å²) in [6, 6.07) is 10.6. The van der Waals surface area contributed by atoms with Crippen LogP contribution in [-0.4, -0.2) is 31.5 Å². The Morgan fingerprint density at radius 2 is 1.89 bits per heavy atom. The Labute approximate surface area is 171 Å². The summed E-state index contributed by atoms with van der Waals surface area (Å²) in [6.07, 6.45) is 0.687. The first kappa shape index (κ1) is 19.3. The maximum Gasteiger partial charge on any atom is 0.224 e. The quantitative estimate of drug-likeness (QED) is 0.562. The molecular weight excluding hydrogens is 417 g/mol. The van der Waals surface area contributed by atoms with Crippen molar-refractivity contribution < 1.29 is 17.6 Å². The molecule has 4 nitrogen and oxygen atoms in total. The second kappa shape index (κ2) is 7.77. The van der Waals surface area contributed by atoms with Gasteiger partial charge in [0.2, 0.25) is 5.91 Å². The molecule has 1 aromatic carbocycles. The molecule has 1 atom stereocenters. The third-order valence-corrected chi connectivity index (χ3v) is 8.51. The number of hydrogen-bond acceptors (Lipinski definition) is 5. The normalized spacial score (nSPS) is 16.8. The second-order valence-electron chi connectivity index (χ2n) is 6.58. The fourth-order valence-corrected chi connectivity index (χ4v) is 6.45. The average Bonchev–Trinajstić information content (AvgIpc) is 3.37. The molecule has 3 heterocycles. The monoisotopic (exact) mass is 435 g/mol. The summed E-state index contributed by atoms with van der Waals surface area (Å²) in [5, 5.41) is 4.02. The van der Waals surface area contributed by atoms with E-state index < -0.39 is 15.7 Å².